The maximum absolute atomic E-state index is 12.6. The number of benzene rings is 1. The molecule has 1 aliphatic carbocycles. The number of hydrogen-bond acceptors (Lipinski definition) is 8. The molecule has 1 atom stereocenters. The lowest BCUT2D eigenvalue weighted by Gasteiger charge is -2.39. The van der Waals surface area contributed by atoms with E-state index in [1.165, 1.54) is 28.0 Å². The lowest BCUT2D eigenvalue weighted by molar-refractivity contribution is 0.0544. The number of carbonyl (C=O) groups excluding carboxylic acids is 1. The molecule has 0 radical (unpaired) electrons. The minimum Gasteiger partial charge on any atom is -0.443 e. The average Bonchev–Trinajstić information content (AvgIpc) is 3.49. The van der Waals surface area contributed by atoms with Crippen molar-refractivity contribution < 1.29 is 9.53 Å². The number of fused-ring (bicyclic) bond motifs is 2. The van der Waals surface area contributed by atoms with Gasteiger partial charge in [-0.3, -0.25) is 14.4 Å². The highest BCUT2D eigenvalue weighted by Crippen LogP contribution is 2.35. The number of aromatic nitrogens is 2. The van der Waals surface area contributed by atoms with Crippen LogP contribution < -0.4 is 10.6 Å². The van der Waals surface area contributed by atoms with Crippen LogP contribution in [0, 0.1) is 0 Å². The van der Waals surface area contributed by atoms with Gasteiger partial charge < -0.3 is 15.4 Å². The minimum absolute atomic E-state index is 0.392. The Morgan fingerprint density at radius 1 is 1.21 bits per heavy atom. The van der Waals surface area contributed by atoms with Crippen LogP contribution in [0.2, 0.25) is 5.02 Å². The molecule has 2 aliphatic rings. The van der Waals surface area contributed by atoms with Crippen molar-refractivity contribution in [2.24, 2.45) is 0 Å². The lowest BCUT2D eigenvalue weighted by atomic mass is 9.96. The smallest absolute Gasteiger partial charge is 0.418 e. The molecular weight excluding hydrogens is 532 g/mol. The van der Waals surface area contributed by atoms with E-state index in [1.807, 2.05) is 39.0 Å². The molecule has 1 aromatic carbocycles. The first-order chi connectivity index (χ1) is 18.6. The first-order valence-corrected chi connectivity index (χ1v) is 15.3. The summed E-state index contributed by atoms with van der Waals surface area (Å²) in [7, 11) is 0. The maximum Gasteiger partial charge on any atom is 0.418 e. The molecule has 8 nitrogen and oxygen atoms in total. The van der Waals surface area contributed by atoms with Crippen LogP contribution in [0.25, 0.3) is 10.9 Å². The second-order valence-corrected chi connectivity index (χ2v) is 13.2. The second kappa shape index (κ2) is 11.6. The molecule has 3 heterocycles. The zero-order chi connectivity index (χ0) is 27.7. The Hall–Kier alpha value is -2.33. The van der Waals surface area contributed by atoms with Gasteiger partial charge in [0.2, 0.25) is 0 Å². The molecule has 0 saturated carbocycles. The predicted molar refractivity (Wildman–Crippen MR) is 161 cm³/mol. The number of nitrogens with two attached hydrogens (primary N) is 1. The molecule has 3 aromatic rings. The fraction of sp³-hybridized carbons (Fsp3) is 0.586. The fourth-order valence-corrected chi connectivity index (χ4v) is 7.11. The molecule has 5 rings (SSSR count). The van der Waals surface area contributed by atoms with Crippen LogP contribution in [0.4, 0.5) is 15.6 Å². The van der Waals surface area contributed by atoms with E-state index < -0.39 is 11.7 Å². The van der Waals surface area contributed by atoms with Crippen molar-refractivity contribution in [3.05, 3.63) is 40.0 Å². The number of ether oxygens (including phenoxy) is 1. The van der Waals surface area contributed by atoms with Crippen molar-refractivity contribution in [3.8, 4) is 0 Å². The number of carbonyl (C=O) groups is 1. The van der Waals surface area contributed by atoms with Gasteiger partial charge in [-0.25, -0.2) is 9.78 Å². The van der Waals surface area contributed by atoms with Crippen molar-refractivity contribution in [3.63, 3.8) is 0 Å². The van der Waals surface area contributed by atoms with Crippen LogP contribution >= 0.6 is 22.9 Å². The highest BCUT2D eigenvalue weighted by Gasteiger charge is 2.28. The number of nitrogens with zero attached hydrogens (tertiary/aromatic N) is 5. The molecule has 0 amide bonds. The molecule has 0 spiro atoms. The molecule has 1 aliphatic heterocycles. The minimum atomic E-state index is -0.555. The van der Waals surface area contributed by atoms with Gasteiger partial charge in [-0.05, 0) is 71.2 Å². The van der Waals surface area contributed by atoms with E-state index in [9.17, 15) is 4.79 Å². The number of thiazole rings is 1. The predicted octanol–water partition coefficient (Wildman–Crippen LogP) is 5.51. The van der Waals surface area contributed by atoms with Crippen LogP contribution in [0.1, 0.15) is 51.1 Å². The number of hydrogen-bond donors (Lipinski definition) is 1. The van der Waals surface area contributed by atoms with Gasteiger partial charge in [-0.15, -0.1) is 11.3 Å². The zero-order valence-corrected chi connectivity index (χ0v) is 25.2. The first-order valence-electron chi connectivity index (χ1n) is 14.1. The van der Waals surface area contributed by atoms with Gasteiger partial charge in [0.1, 0.15) is 5.60 Å². The molecule has 1 saturated heterocycles. The quantitative estimate of drug-likeness (QED) is 0.400. The first kappa shape index (κ1) is 28.2. The average molecular weight is 573 g/mol. The van der Waals surface area contributed by atoms with Gasteiger partial charge >= 0.3 is 6.09 Å². The van der Waals surface area contributed by atoms with Crippen LogP contribution in [-0.2, 0) is 17.6 Å². The van der Waals surface area contributed by atoms with Gasteiger partial charge in [0.15, 0.2) is 5.13 Å². The van der Waals surface area contributed by atoms with Gasteiger partial charge in [-0.1, -0.05) is 18.5 Å². The Kier molecular flexibility index (Phi) is 8.42. The molecule has 10 heteroatoms. The lowest BCUT2D eigenvalue weighted by Crippen LogP contribution is -2.50. The van der Waals surface area contributed by atoms with Crippen LogP contribution in [-0.4, -0.2) is 82.9 Å². The van der Waals surface area contributed by atoms with Crippen molar-refractivity contribution in [1.82, 2.24) is 19.4 Å². The van der Waals surface area contributed by atoms with Gasteiger partial charge in [-0.2, -0.15) is 0 Å². The molecule has 0 bridgehead atoms. The van der Waals surface area contributed by atoms with E-state index in [2.05, 4.69) is 26.6 Å². The number of anilines is 2. The summed E-state index contributed by atoms with van der Waals surface area (Å²) in [5.41, 5.74) is 8.43. The van der Waals surface area contributed by atoms with Crippen molar-refractivity contribution >= 4 is 50.8 Å². The molecule has 2 N–H and O–H groups in total. The van der Waals surface area contributed by atoms with Crippen LogP contribution in [0.3, 0.4) is 0 Å². The summed E-state index contributed by atoms with van der Waals surface area (Å²) in [5.74, 6) is 0. The number of nitrogen functional groups attached to an aromatic ring is 1. The topological polar surface area (TPSA) is 79.9 Å². The molecule has 0 unspecified atom stereocenters. The number of piperazine rings is 1. The van der Waals surface area contributed by atoms with E-state index in [-0.39, 0.29) is 0 Å². The Morgan fingerprint density at radius 2 is 1.97 bits per heavy atom. The third kappa shape index (κ3) is 6.37. The summed E-state index contributed by atoms with van der Waals surface area (Å²) in [4.78, 5) is 26.2. The van der Waals surface area contributed by atoms with Crippen LogP contribution in [0.15, 0.2) is 24.4 Å². The molecule has 212 valence electrons. The Labute approximate surface area is 240 Å². The van der Waals surface area contributed by atoms with E-state index in [1.54, 1.807) is 17.5 Å². The zero-order valence-electron chi connectivity index (χ0n) is 23.6. The van der Waals surface area contributed by atoms with Crippen molar-refractivity contribution in [1.29, 1.82) is 0 Å². The summed E-state index contributed by atoms with van der Waals surface area (Å²) < 4.78 is 7.09. The monoisotopic (exact) mass is 572 g/mol. The van der Waals surface area contributed by atoms with Crippen LogP contribution in [0.5, 0.6) is 0 Å². The number of halogens is 1. The van der Waals surface area contributed by atoms with Gasteiger partial charge in [0.25, 0.3) is 0 Å². The Bertz CT molecular complexity index is 1310. The SMILES string of the molecule is CCCN(CCN1CCN(c2ccc3c(ccn3C(=O)OC(C)(C)C)c2Cl)CC1)[C@@H]1CCc2nc(N)sc2C1. The normalized spacial score (nSPS) is 18.6. The summed E-state index contributed by atoms with van der Waals surface area (Å²) in [6.07, 6.45) is 5.80. The molecular formula is C29H41ClN6O2S. The maximum atomic E-state index is 12.6. The summed E-state index contributed by atoms with van der Waals surface area (Å²) in [6, 6.07) is 6.49. The largest absolute Gasteiger partial charge is 0.443 e. The molecule has 39 heavy (non-hydrogen) atoms. The van der Waals surface area contributed by atoms with E-state index in [0.717, 1.165) is 75.2 Å². The van der Waals surface area contributed by atoms with E-state index in [4.69, 9.17) is 22.1 Å². The van der Waals surface area contributed by atoms with Crippen molar-refractivity contribution in [2.45, 2.75) is 65.0 Å². The Morgan fingerprint density at radius 3 is 2.69 bits per heavy atom. The molecule has 1 fully saturated rings. The standard InChI is InChI=1S/C29H41ClN6O2S/c1-5-11-34(20-6-7-22-25(19-20)39-27(31)32-22)16-13-33-14-17-35(18-15-33)24-9-8-23-21(26(24)30)10-12-36(23)28(37)38-29(2,3)4/h8-10,12,20H,5-7,11,13-19H2,1-4H3,(H2,31,32)/t20-/m1/s1. The third-order valence-corrected chi connectivity index (χ3v) is 9.10. The van der Waals surface area contributed by atoms with E-state index >= 15 is 0 Å². The Balaban J connectivity index is 1.18. The molecule has 2 aromatic heterocycles. The number of aryl methyl sites for hydroxylation is 1. The van der Waals surface area contributed by atoms with Crippen molar-refractivity contribution in [2.75, 3.05) is 56.4 Å². The van der Waals surface area contributed by atoms with Gasteiger partial charge in [0, 0.05) is 61.8 Å². The summed E-state index contributed by atoms with van der Waals surface area (Å²) in [6.45, 7) is 15.0. The number of rotatable bonds is 7. The summed E-state index contributed by atoms with van der Waals surface area (Å²) in [5, 5.41) is 2.27. The second-order valence-electron chi connectivity index (χ2n) is 11.7. The van der Waals surface area contributed by atoms with E-state index in [0.29, 0.717) is 16.2 Å². The van der Waals surface area contributed by atoms with Gasteiger partial charge in [0.05, 0.1) is 21.9 Å². The fourth-order valence-electron chi connectivity index (χ4n) is 5.82. The third-order valence-electron chi connectivity index (χ3n) is 7.75. The summed E-state index contributed by atoms with van der Waals surface area (Å²) >= 11 is 8.55. The highest BCUT2D eigenvalue weighted by atomic mass is 35.5. The highest BCUT2D eigenvalue weighted by molar-refractivity contribution is 7.15.